The van der Waals surface area contributed by atoms with E-state index in [2.05, 4.69) is 20.7 Å². The van der Waals surface area contributed by atoms with Gasteiger partial charge in [0.05, 0.1) is 11.7 Å². The van der Waals surface area contributed by atoms with E-state index in [0.717, 1.165) is 11.3 Å². The average molecular weight is 325 g/mol. The lowest BCUT2D eigenvalue weighted by Crippen LogP contribution is -2.31. The summed E-state index contributed by atoms with van der Waals surface area (Å²) in [7, 11) is 0. The summed E-state index contributed by atoms with van der Waals surface area (Å²) < 4.78 is 14.5. The highest BCUT2D eigenvalue weighted by Crippen LogP contribution is 2.15. The zero-order valence-electron chi connectivity index (χ0n) is 13.0. The van der Waals surface area contributed by atoms with E-state index in [4.69, 9.17) is 0 Å². The zero-order valence-corrected chi connectivity index (χ0v) is 13.0. The van der Waals surface area contributed by atoms with Crippen molar-refractivity contribution in [3.8, 4) is 5.69 Å². The number of carbonyl (C=O) groups excluding carboxylic acids is 1. The molecule has 0 aliphatic heterocycles. The topological polar surface area (TPSA) is 71.8 Å². The van der Waals surface area contributed by atoms with Gasteiger partial charge in [-0.3, -0.25) is 0 Å². The fourth-order valence-electron chi connectivity index (χ4n) is 2.24. The molecule has 1 heterocycles. The molecule has 0 saturated carbocycles. The molecular weight excluding hydrogens is 309 g/mol. The van der Waals surface area contributed by atoms with Crippen LogP contribution in [-0.2, 0) is 0 Å². The Labute approximate surface area is 138 Å². The summed E-state index contributed by atoms with van der Waals surface area (Å²) in [6.45, 7) is 1.88. The van der Waals surface area contributed by atoms with Gasteiger partial charge in [0.2, 0.25) is 0 Å². The Morgan fingerprint density at radius 1 is 1.12 bits per heavy atom. The standard InChI is InChI=1S/C17H16FN5O/c1-12(21-17(24)22-15-6-4-14(18)5-7-15)13-2-8-16(9-3-13)23-11-19-10-20-23/h2-12H,1H3,(H2,21,22,24)/t12-/m1/s1. The molecule has 0 saturated heterocycles. The fraction of sp³-hybridized carbons (Fsp3) is 0.118. The molecule has 2 aromatic carbocycles. The van der Waals surface area contributed by atoms with Crippen LogP contribution in [0.2, 0.25) is 0 Å². The number of urea groups is 1. The summed E-state index contributed by atoms with van der Waals surface area (Å²) >= 11 is 0. The van der Waals surface area contributed by atoms with Gasteiger partial charge in [-0.05, 0) is 48.9 Å². The van der Waals surface area contributed by atoms with Gasteiger partial charge in [-0.1, -0.05) is 12.1 Å². The van der Waals surface area contributed by atoms with Gasteiger partial charge in [0.15, 0.2) is 0 Å². The van der Waals surface area contributed by atoms with E-state index in [1.54, 1.807) is 11.0 Å². The first kappa shape index (κ1) is 15.7. The molecule has 0 aliphatic carbocycles. The second-order valence-corrected chi connectivity index (χ2v) is 5.26. The number of benzene rings is 2. The number of hydrogen-bond donors (Lipinski definition) is 2. The van der Waals surface area contributed by atoms with Gasteiger partial charge in [-0.15, -0.1) is 0 Å². The summed E-state index contributed by atoms with van der Waals surface area (Å²) in [5.74, 6) is -0.346. The van der Waals surface area contributed by atoms with Crippen molar-refractivity contribution in [3.63, 3.8) is 0 Å². The molecule has 7 heteroatoms. The normalized spacial score (nSPS) is 11.8. The molecule has 122 valence electrons. The van der Waals surface area contributed by atoms with Gasteiger partial charge in [0.25, 0.3) is 0 Å². The lowest BCUT2D eigenvalue weighted by atomic mass is 10.1. The van der Waals surface area contributed by atoms with Crippen LogP contribution in [0.5, 0.6) is 0 Å². The largest absolute Gasteiger partial charge is 0.331 e. The Morgan fingerprint density at radius 3 is 2.46 bits per heavy atom. The molecule has 0 aliphatic rings. The molecule has 3 aromatic rings. The zero-order chi connectivity index (χ0) is 16.9. The number of carbonyl (C=O) groups is 1. The predicted molar refractivity (Wildman–Crippen MR) is 88.3 cm³/mol. The number of nitrogens with zero attached hydrogens (tertiary/aromatic N) is 3. The van der Waals surface area contributed by atoms with Crippen LogP contribution in [0.15, 0.2) is 61.2 Å². The number of aromatic nitrogens is 3. The quantitative estimate of drug-likeness (QED) is 0.773. The Bertz CT molecular complexity index is 800. The molecule has 3 rings (SSSR count). The second kappa shape index (κ2) is 6.91. The summed E-state index contributed by atoms with van der Waals surface area (Å²) in [6.07, 6.45) is 3.09. The molecule has 0 bridgehead atoms. The van der Waals surface area contributed by atoms with E-state index >= 15 is 0 Å². The minimum absolute atomic E-state index is 0.185. The lowest BCUT2D eigenvalue weighted by molar-refractivity contribution is 0.249. The van der Waals surface area contributed by atoms with Crippen LogP contribution in [0.3, 0.4) is 0 Å². The van der Waals surface area contributed by atoms with Gasteiger partial charge >= 0.3 is 6.03 Å². The molecule has 0 spiro atoms. The van der Waals surface area contributed by atoms with Crippen LogP contribution in [0.25, 0.3) is 5.69 Å². The maximum Gasteiger partial charge on any atom is 0.319 e. The number of anilines is 1. The fourth-order valence-corrected chi connectivity index (χ4v) is 2.24. The first-order valence-corrected chi connectivity index (χ1v) is 7.40. The predicted octanol–water partition coefficient (Wildman–Crippen LogP) is 3.29. The van der Waals surface area contributed by atoms with Gasteiger partial charge < -0.3 is 10.6 Å². The Kier molecular flexibility index (Phi) is 4.51. The third kappa shape index (κ3) is 3.75. The highest BCUT2D eigenvalue weighted by atomic mass is 19.1. The van der Waals surface area contributed by atoms with Crippen molar-refractivity contribution in [2.24, 2.45) is 0 Å². The van der Waals surface area contributed by atoms with Gasteiger partial charge in [-0.25, -0.2) is 18.9 Å². The van der Waals surface area contributed by atoms with Crippen LogP contribution in [-0.4, -0.2) is 20.8 Å². The molecule has 24 heavy (non-hydrogen) atoms. The number of halogens is 1. The molecule has 6 nitrogen and oxygen atoms in total. The van der Waals surface area contributed by atoms with Crippen molar-refractivity contribution in [2.75, 3.05) is 5.32 Å². The third-order valence-electron chi connectivity index (χ3n) is 3.53. The summed E-state index contributed by atoms with van der Waals surface area (Å²) in [6, 6.07) is 12.7. The van der Waals surface area contributed by atoms with Crippen molar-refractivity contribution >= 4 is 11.7 Å². The van der Waals surface area contributed by atoms with E-state index in [1.807, 2.05) is 31.2 Å². The monoisotopic (exact) mass is 325 g/mol. The number of rotatable bonds is 4. The van der Waals surface area contributed by atoms with Crippen molar-refractivity contribution in [1.29, 1.82) is 0 Å². The molecule has 2 N–H and O–H groups in total. The van der Waals surface area contributed by atoms with E-state index in [1.165, 1.54) is 30.6 Å². The Morgan fingerprint density at radius 2 is 1.83 bits per heavy atom. The minimum atomic E-state index is -0.352. The van der Waals surface area contributed by atoms with Crippen LogP contribution in [0.1, 0.15) is 18.5 Å². The average Bonchev–Trinajstić information content (AvgIpc) is 3.11. The number of hydrogen-bond acceptors (Lipinski definition) is 3. The van der Waals surface area contributed by atoms with E-state index in [0.29, 0.717) is 5.69 Å². The minimum Gasteiger partial charge on any atom is -0.331 e. The molecule has 0 fully saturated rings. The third-order valence-corrected chi connectivity index (χ3v) is 3.53. The maximum atomic E-state index is 12.9. The molecule has 1 atom stereocenters. The highest BCUT2D eigenvalue weighted by Gasteiger charge is 2.10. The summed E-state index contributed by atoms with van der Waals surface area (Å²) in [5, 5.41) is 9.56. The maximum absolute atomic E-state index is 12.9. The van der Waals surface area contributed by atoms with Gasteiger partial charge in [0, 0.05) is 5.69 Å². The molecule has 2 amide bonds. The first-order chi connectivity index (χ1) is 11.6. The van der Waals surface area contributed by atoms with Crippen molar-refractivity contribution in [1.82, 2.24) is 20.1 Å². The number of nitrogens with one attached hydrogen (secondary N) is 2. The van der Waals surface area contributed by atoms with Crippen LogP contribution in [0.4, 0.5) is 14.9 Å². The highest BCUT2D eigenvalue weighted by molar-refractivity contribution is 5.89. The molecule has 0 unspecified atom stereocenters. The SMILES string of the molecule is C[C@@H](NC(=O)Nc1ccc(F)cc1)c1ccc(-n2cncn2)cc1. The first-order valence-electron chi connectivity index (χ1n) is 7.40. The van der Waals surface area contributed by atoms with Gasteiger partial charge in [0.1, 0.15) is 18.5 Å². The van der Waals surface area contributed by atoms with E-state index in [-0.39, 0.29) is 17.9 Å². The second-order valence-electron chi connectivity index (χ2n) is 5.26. The smallest absolute Gasteiger partial charge is 0.319 e. The molecular formula is C17H16FN5O. The van der Waals surface area contributed by atoms with Crippen LogP contribution in [0, 0.1) is 5.82 Å². The number of amides is 2. The van der Waals surface area contributed by atoms with Crippen LogP contribution < -0.4 is 10.6 Å². The van der Waals surface area contributed by atoms with E-state index < -0.39 is 0 Å². The van der Waals surface area contributed by atoms with E-state index in [9.17, 15) is 9.18 Å². The van der Waals surface area contributed by atoms with Gasteiger partial charge in [-0.2, -0.15) is 5.10 Å². The van der Waals surface area contributed by atoms with Crippen molar-refractivity contribution in [2.45, 2.75) is 13.0 Å². The Balaban J connectivity index is 1.60. The van der Waals surface area contributed by atoms with Crippen molar-refractivity contribution < 1.29 is 9.18 Å². The van der Waals surface area contributed by atoms with Crippen molar-refractivity contribution in [3.05, 3.63) is 72.6 Å². The molecule has 1 aromatic heterocycles. The van der Waals surface area contributed by atoms with Crippen LogP contribution >= 0.6 is 0 Å². The Hall–Kier alpha value is -3.22. The summed E-state index contributed by atoms with van der Waals surface area (Å²) in [5.41, 5.74) is 2.37. The summed E-state index contributed by atoms with van der Waals surface area (Å²) in [4.78, 5) is 15.9. The molecule has 0 radical (unpaired) electrons. The lowest BCUT2D eigenvalue weighted by Gasteiger charge is -2.15.